The van der Waals surface area contributed by atoms with Crippen LogP contribution in [0.1, 0.15) is 27.0 Å². The van der Waals surface area contributed by atoms with Gasteiger partial charge in [0, 0.05) is 34.1 Å². The Kier molecular flexibility index (Phi) is 4.81. The zero-order valence-electron chi connectivity index (χ0n) is 14.1. The highest BCUT2D eigenvalue weighted by atomic mass is 127. The number of rotatable bonds is 0. The van der Waals surface area contributed by atoms with Crippen molar-refractivity contribution in [2.45, 2.75) is 5.60 Å². The van der Waals surface area contributed by atoms with Gasteiger partial charge in [-0.05, 0) is 75.5 Å². The van der Waals surface area contributed by atoms with Gasteiger partial charge in [0.15, 0.2) is 17.1 Å². The van der Waals surface area contributed by atoms with Gasteiger partial charge in [0.2, 0.25) is 0 Å². The average molecular weight is 611 g/mol. The smallest absolute Gasteiger partial charge is 0.340 e. The van der Waals surface area contributed by atoms with E-state index in [0.717, 1.165) is 0 Å². The van der Waals surface area contributed by atoms with E-state index >= 15 is 0 Å². The molecule has 0 unspecified atom stereocenters. The van der Waals surface area contributed by atoms with Crippen LogP contribution in [0, 0.1) is 7.14 Å². The number of phenolic OH excluding ortho intramolecular Hbond substituents is 2. The monoisotopic (exact) mass is 611 g/mol. The maximum atomic E-state index is 12.7. The summed E-state index contributed by atoms with van der Waals surface area (Å²) >= 11 is 4.00. The molecular weight excluding hydrogens is 601 g/mol. The van der Waals surface area contributed by atoms with Gasteiger partial charge in [-0.15, -0.1) is 0 Å². The summed E-state index contributed by atoms with van der Waals surface area (Å²) < 4.78 is 13.1. The van der Waals surface area contributed by atoms with Gasteiger partial charge in [-0.2, -0.15) is 0 Å². The molecule has 5 rings (SSSR count). The number of esters is 1. The van der Waals surface area contributed by atoms with Gasteiger partial charge < -0.3 is 19.7 Å². The topological polar surface area (TPSA) is 76.0 Å². The number of hydrogen-bond donors (Lipinski definition) is 2. The number of carbonyl (C=O) groups is 1. The summed E-state index contributed by atoms with van der Waals surface area (Å²) in [5.74, 6) is 0.546. The third kappa shape index (κ3) is 2.44. The van der Waals surface area contributed by atoms with Crippen LogP contribution in [0.25, 0.3) is 0 Å². The molecule has 5 nitrogen and oxygen atoms in total. The van der Waals surface area contributed by atoms with Gasteiger partial charge in [-0.25, -0.2) is 4.79 Å². The summed E-state index contributed by atoms with van der Waals surface area (Å²) in [6.45, 7) is 0. The molecule has 137 valence electrons. The van der Waals surface area contributed by atoms with Gasteiger partial charge in [-0.1, -0.05) is 18.2 Å². The summed E-state index contributed by atoms with van der Waals surface area (Å²) in [5, 5.41) is 20.4. The van der Waals surface area contributed by atoms with Gasteiger partial charge in [-0.3, -0.25) is 0 Å². The molecule has 0 saturated carbocycles. The molecule has 0 aliphatic carbocycles. The van der Waals surface area contributed by atoms with E-state index in [0.29, 0.717) is 40.9 Å². The van der Waals surface area contributed by atoms with Crippen molar-refractivity contribution >= 4 is 68.5 Å². The third-order valence-electron chi connectivity index (χ3n) is 4.89. The summed E-state index contributed by atoms with van der Waals surface area (Å²) in [6, 6.07) is 13.8. The highest BCUT2D eigenvalue weighted by molar-refractivity contribution is 14.1. The number of fused-ring (bicyclic) bond motifs is 6. The molecule has 2 N–H and O–H groups in total. The van der Waals surface area contributed by atoms with E-state index in [1.165, 1.54) is 0 Å². The fraction of sp³-hybridized carbons (Fsp3) is 0.0500. The van der Waals surface area contributed by atoms with E-state index in [1.807, 2.05) is 57.3 Å². The zero-order valence-corrected chi connectivity index (χ0v) is 19.5. The highest BCUT2D eigenvalue weighted by Crippen LogP contribution is 2.59. The molecule has 8 heteroatoms. The van der Waals surface area contributed by atoms with Crippen molar-refractivity contribution in [2.75, 3.05) is 0 Å². The average Bonchev–Trinajstić information content (AvgIpc) is 2.96. The number of hydrogen-bond acceptors (Lipinski definition) is 5. The second-order valence-electron chi connectivity index (χ2n) is 6.27. The van der Waals surface area contributed by atoms with Crippen LogP contribution in [-0.4, -0.2) is 33.5 Å². The SMILES string of the molecule is O=C1OC2(c3ccccc31)c1ccc(O)c(I)c1Oc1c2ccc(O)c1I.[Al]. The minimum atomic E-state index is -1.20. The Balaban J connectivity index is 0.00000192. The molecule has 2 heterocycles. The van der Waals surface area contributed by atoms with Crippen LogP contribution in [0.5, 0.6) is 23.0 Å². The molecular formula is C20H10AlI2O5. The Morgan fingerprint density at radius 3 is 1.89 bits per heavy atom. The van der Waals surface area contributed by atoms with E-state index in [2.05, 4.69) is 0 Å². The van der Waals surface area contributed by atoms with Crippen LogP contribution in [0.15, 0.2) is 48.5 Å². The van der Waals surface area contributed by atoms with E-state index in [-0.39, 0.29) is 28.9 Å². The first kappa shape index (κ1) is 19.8. The molecule has 0 atom stereocenters. The Labute approximate surface area is 198 Å². The maximum Gasteiger partial charge on any atom is 0.340 e. The fourth-order valence-electron chi connectivity index (χ4n) is 3.71. The number of phenols is 2. The molecule has 0 fully saturated rings. The molecule has 3 radical (unpaired) electrons. The van der Waals surface area contributed by atoms with Crippen LogP contribution in [0.3, 0.4) is 0 Å². The molecule has 0 saturated heterocycles. The lowest BCUT2D eigenvalue weighted by Gasteiger charge is -2.37. The van der Waals surface area contributed by atoms with Crippen molar-refractivity contribution in [3.05, 3.63) is 77.9 Å². The lowest BCUT2D eigenvalue weighted by atomic mass is 9.77. The molecule has 1 spiro atoms. The molecule has 0 bridgehead atoms. The standard InChI is InChI=1S/C20H10I2O5.Al/c21-15-13(23)7-5-11-17(15)26-18-12(6-8-14(24)16(18)22)20(11)10-4-2-1-3-9(10)19(25)27-20;/h1-8,23-24H;. The highest BCUT2D eigenvalue weighted by Gasteiger charge is 2.54. The van der Waals surface area contributed by atoms with Gasteiger partial charge in [0.1, 0.15) is 11.5 Å². The molecule has 0 amide bonds. The Bertz CT molecular complexity index is 1100. The van der Waals surface area contributed by atoms with Crippen molar-refractivity contribution in [3.8, 4) is 23.0 Å². The second kappa shape index (κ2) is 6.80. The molecule has 3 aromatic carbocycles. The number of ether oxygens (including phenoxy) is 2. The lowest BCUT2D eigenvalue weighted by Crippen LogP contribution is -2.33. The second-order valence-corrected chi connectivity index (χ2v) is 8.43. The predicted molar refractivity (Wildman–Crippen MR) is 119 cm³/mol. The Morgan fingerprint density at radius 1 is 0.786 bits per heavy atom. The van der Waals surface area contributed by atoms with Gasteiger partial charge >= 0.3 is 5.97 Å². The fourth-order valence-corrected chi connectivity index (χ4v) is 4.87. The van der Waals surface area contributed by atoms with E-state index in [1.54, 1.807) is 36.4 Å². The Hall–Kier alpha value is -1.48. The van der Waals surface area contributed by atoms with Crippen LogP contribution < -0.4 is 4.74 Å². The molecule has 2 aliphatic heterocycles. The van der Waals surface area contributed by atoms with Crippen LogP contribution in [-0.2, 0) is 10.3 Å². The van der Waals surface area contributed by atoms with E-state index < -0.39 is 11.6 Å². The van der Waals surface area contributed by atoms with E-state index in [9.17, 15) is 15.0 Å². The van der Waals surface area contributed by atoms with Gasteiger partial charge in [0.25, 0.3) is 0 Å². The summed E-state index contributed by atoms with van der Waals surface area (Å²) in [4.78, 5) is 12.7. The Morgan fingerprint density at radius 2 is 1.32 bits per heavy atom. The van der Waals surface area contributed by atoms with Crippen LogP contribution in [0.4, 0.5) is 0 Å². The van der Waals surface area contributed by atoms with Crippen molar-refractivity contribution < 1.29 is 24.5 Å². The molecule has 2 aliphatic rings. The number of halogens is 2. The van der Waals surface area contributed by atoms with Crippen LogP contribution in [0.2, 0.25) is 0 Å². The summed E-state index contributed by atoms with van der Waals surface area (Å²) in [7, 11) is 0. The quantitative estimate of drug-likeness (QED) is 0.223. The maximum absolute atomic E-state index is 12.7. The minimum Gasteiger partial charge on any atom is -0.507 e. The molecule has 0 aromatic heterocycles. The largest absolute Gasteiger partial charge is 0.507 e. The van der Waals surface area contributed by atoms with E-state index in [4.69, 9.17) is 9.47 Å². The predicted octanol–water partition coefficient (Wildman–Crippen LogP) is 4.49. The zero-order chi connectivity index (χ0) is 18.9. The van der Waals surface area contributed by atoms with Crippen LogP contribution >= 0.6 is 45.2 Å². The number of aromatic hydroxyl groups is 2. The summed E-state index contributed by atoms with van der Waals surface area (Å²) in [6.07, 6.45) is 0. The first-order valence-electron chi connectivity index (χ1n) is 7.99. The van der Waals surface area contributed by atoms with Crippen molar-refractivity contribution in [2.24, 2.45) is 0 Å². The number of benzene rings is 3. The lowest BCUT2D eigenvalue weighted by molar-refractivity contribution is 0.0223. The van der Waals surface area contributed by atoms with Crippen molar-refractivity contribution in [1.29, 1.82) is 0 Å². The van der Waals surface area contributed by atoms with Gasteiger partial charge in [0.05, 0.1) is 12.7 Å². The summed E-state index contributed by atoms with van der Waals surface area (Å²) in [5.41, 5.74) is 1.28. The third-order valence-corrected chi connectivity index (χ3v) is 6.97. The first-order valence-corrected chi connectivity index (χ1v) is 10.2. The molecule has 3 aromatic rings. The van der Waals surface area contributed by atoms with Crippen molar-refractivity contribution in [1.82, 2.24) is 0 Å². The first-order chi connectivity index (χ1) is 12.9. The van der Waals surface area contributed by atoms with Crippen molar-refractivity contribution in [3.63, 3.8) is 0 Å². The molecule has 28 heavy (non-hydrogen) atoms. The minimum absolute atomic E-state index is 0. The normalized spacial score (nSPS) is 15.0. The number of carbonyl (C=O) groups excluding carboxylic acids is 1.